The number of nitrogens with two attached hydrogens (primary N) is 1. The molecule has 0 spiro atoms. The van der Waals surface area contributed by atoms with Crippen molar-refractivity contribution in [2.75, 3.05) is 0 Å². The maximum atomic E-state index is 13.4. The summed E-state index contributed by atoms with van der Waals surface area (Å²) >= 11 is 11.4. The van der Waals surface area contributed by atoms with Gasteiger partial charge < -0.3 is 5.73 Å². The van der Waals surface area contributed by atoms with Gasteiger partial charge in [0.25, 0.3) is 0 Å². The predicted molar refractivity (Wildman–Crippen MR) is 70.3 cm³/mol. The lowest BCUT2D eigenvalue weighted by atomic mass is 10.0. The number of halogens is 3. The van der Waals surface area contributed by atoms with Crippen LogP contribution in [0.25, 0.3) is 0 Å². The SMILES string of the molecule is N#CC(C(=O)c1cc(F)c(Cl)cc1Cl)=C(N)C1CC1. The summed E-state index contributed by atoms with van der Waals surface area (Å²) in [6.45, 7) is 0. The molecule has 1 aliphatic rings. The fourth-order valence-corrected chi connectivity index (χ4v) is 2.15. The highest BCUT2D eigenvalue weighted by molar-refractivity contribution is 6.37. The number of nitriles is 1. The molecule has 2 rings (SSSR count). The minimum absolute atomic E-state index is 0.00672. The van der Waals surface area contributed by atoms with Crippen LogP contribution in [0.15, 0.2) is 23.4 Å². The van der Waals surface area contributed by atoms with Gasteiger partial charge in [-0.3, -0.25) is 4.79 Å². The second-order valence-corrected chi connectivity index (χ2v) is 5.11. The molecular weight excluding hydrogens is 290 g/mol. The van der Waals surface area contributed by atoms with Gasteiger partial charge in [-0.15, -0.1) is 0 Å². The number of hydrogen-bond acceptors (Lipinski definition) is 3. The van der Waals surface area contributed by atoms with E-state index in [4.69, 9.17) is 34.2 Å². The molecule has 98 valence electrons. The highest BCUT2D eigenvalue weighted by atomic mass is 35.5. The summed E-state index contributed by atoms with van der Waals surface area (Å²) < 4.78 is 13.4. The van der Waals surface area contributed by atoms with Gasteiger partial charge in [0.15, 0.2) is 0 Å². The lowest BCUT2D eigenvalue weighted by Gasteiger charge is -2.06. The number of Topliss-reactive ketones (excluding diaryl/α,β-unsaturated/α-hetero) is 1. The number of benzene rings is 1. The van der Waals surface area contributed by atoms with Crippen LogP contribution >= 0.6 is 23.2 Å². The summed E-state index contributed by atoms with van der Waals surface area (Å²) in [5.41, 5.74) is 5.73. The molecule has 6 heteroatoms. The summed E-state index contributed by atoms with van der Waals surface area (Å²) in [5.74, 6) is -1.38. The highest BCUT2D eigenvalue weighted by Crippen LogP contribution is 2.36. The average molecular weight is 299 g/mol. The van der Waals surface area contributed by atoms with E-state index in [-0.39, 0.29) is 32.8 Å². The minimum atomic E-state index is -0.767. The molecule has 0 amide bonds. The van der Waals surface area contributed by atoms with Crippen LogP contribution < -0.4 is 5.73 Å². The smallest absolute Gasteiger partial charge is 0.206 e. The Bertz CT molecular complexity index is 630. The quantitative estimate of drug-likeness (QED) is 0.402. The number of nitrogens with zero attached hydrogens (tertiary/aromatic N) is 1. The molecule has 0 heterocycles. The molecule has 19 heavy (non-hydrogen) atoms. The van der Waals surface area contributed by atoms with Crippen LogP contribution in [0.4, 0.5) is 4.39 Å². The first kappa shape index (κ1) is 13.9. The van der Waals surface area contributed by atoms with Crippen molar-refractivity contribution >= 4 is 29.0 Å². The number of hydrogen-bond donors (Lipinski definition) is 1. The molecule has 1 saturated carbocycles. The Kier molecular flexibility index (Phi) is 3.79. The molecule has 0 aliphatic heterocycles. The first-order valence-electron chi connectivity index (χ1n) is 5.54. The summed E-state index contributed by atoms with van der Waals surface area (Å²) in [6, 6.07) is 3.83. The van der Waals surface area contributed by atoms with E-state index in [1.165, 1.54) is 0 Å². The van der Waals surface area contributed by atoms with Gasteiger partial charge in [0.1, 0.15) is 17.5 Å². The number of ketones is 1. The van der Waals surface area contributed by atoms with Gasteiger partial charge in [-0.1, -0.05) is 23.2 Å². The molecule has 0 atom stereocenters. The molecule has 0 saturated heterocycles. The van der Waals surface area contributed by atoms with Crippen molar-refractivity contribution in [3.8, 4) is 6.07 Å². The molecule has 1 fully saturated rings. The van der Waals surface area contributed by atoms with Crippen LogP contribution in [-0.4, -0.2) is 5.78 Å². The standard InChI is InChI=1S/C13H9Cl2FN2O/c14-9-4-10(15)11(16)3-7(9)13(19)8(5-17)12(18)6-1-2-6/h3-4,6H,1-2,18H2. The molecule has 0 aromatic heterocycles. The Labute approximate surface area is 119 Å². The van der Waals surface area contributed by atoms with Crippen molar-refractivity contribution in [3.05, 3.63) is 44.8 Å². The first-order valence-corrected chi connectivity index (χ1v) is 6.30. The van der Waals surface area contributed by atoms with E-state index in [1.54, 1.807) is 6.07 Å². The van der Waals surface area contributed by atoms with Crippen molar-refractivity contribution in [2.24, 2.45) is 11.7 Å². The first-order chi connectivity index (χ1) is 8.95. The highest BCUT2D eigenvalue weighted by Gasteiger charge is 2.30. The van der Waals surface area contributed by atoms with Crippen molar-refractivity contribution in [1.82, 2.24) is 0 Å². The second-order valence-electron chi connectivity index (χ2n) is 4.29. The van der Waals surface area contributed by atoms with E-state index >= 15 is 0 Å². The van der Waals surface area contributed by atoms with E-state index in [0.29, 0.717) is 0 Å². The van der Waals surface area contributed by atoms with Gasteiger partial charge in [-0.25, -0.2) is 4.39 Å². The molecule has 3 nitrogen and oxygen atoms in total. The Morgan fingerprint density at radius 3 is 2.53 bits per heavy atom. The van der Waals surface area contributed by atoms with Gasteiger partial charge in [0.2, 0.25) is 5.78 Å². The molecule has 2 N–H and O–H groups in total. The molecule has 1 aromatic rings. The molecule has 0 unspecified atom stereocenters. The lowest BCUT2D eigenvalue weighted by molar-refractivity contribution is 0.103. The van der Waals surface area contributed by atoms with Gasteiger partial charge in [0.05, 0.1) is 10.0 Å². The summed E-state index contributed by atoms with van der Waals surface area (Å²) in [4.78, 5) is 12.2. The average Bonchev–Trinajstić information content (AvgIpc) is 3.18. The van der Waals surface area contributed by atoms with Crippen molar-refractivity contribution < 1.29 is 9.18 Å². The minimum Gasteiger partial charge on any atom is -0.401 e. The van der Waals surface area contributed by atoms with Gasteiger partial charge in [-0.2, -0.15) is 5.26 Å². The zero-order valence-electron chi connectivity index (χ0n) is 9.71. The van der Waals surface area contributed by atoms with E-state index in [2.05, 4.69) is 0 Å². The molecule has 1 aromatic carbocycles. The van der Waals surface area contributed by atoms with Crippen molar-refractivity contribution in [2.45, 2.75) is 12.8 Å². The third-order valence-corrected chi connectivity index (χ3v) is 3.50. The summed E-state index contributed by atoms with van der Waals surface area (Å²) in [5, 5.41) is 8.86. The van der Waals surface area contributed by atoms with Crippen molar-refractivity contribution in [1.29, 1.82) is 5.26 Å². The zero-order chi connectivity index (χ0) is 14.2. The van der Waals surface area contributed by atoms with Gasteiger partial charge in [0, 0.05) is 11.3 Å². The number of carbonyl (C=O) groups excluding carboxylic acids is 1. The third kappa shape index (κ3) is 2.73. The zero-order valence-corrected chi connectivity index (χ0v) is 11.2. The monoisotopic (exact) mass is 298 g/mol. The Balaban J connectivity index is 2.47. The molecule has 0 bridgehead atoms. The molecule has 1 aliphatic carbocycles. The van der Waals surface area contributed by atoms with E-state index in [9.17, 15) is 9.18 Å². The molecule has 0 radical (unpaired) electrons. The van der Waals surface area contributed by atoms with E-state index < -0.39 is 11.6 Å². The normalized spacial score (nSPS) is 15.7. The van der Waals surface area contributed by atoms with Crippen LogP contribution in [0.2, 0.25) is 10.0 Å². The predicted octanol–water partition coefficient (Wildman–Crippen LogP) is 3.46. The molecular formula is C13H9Cl2FN2O. The number of allylic oxidation sites excluding steroid dienone is 2. The van der Waals surface area contributed by atoms with E-state index in [1.807, 2.05) is 0 Å². The number of carbonyl (C=O) groups is 1. The van der Waals surface area contributed by atoms with Crippen LogP contribution in [0.1, 0.15) is 23.2 Å². The van der Waals surface area contributed by atoms with Crippen molar-refractivity contribution in [3.63, 3.8) is 0 Å². The largest absolute Gasteiger partial charge is 0.401 e. The van der Waals surface area contributed by atoms with Crippen LogP contribution in [0.3, 0.4) is 0 Å². The van der Waals surface area contributed by atoms with Gasteiger partial charge in [-0.05, 0) is 30.9 Å². The number of rotatable bonds is 3. The Hall–Kier alpha value is -1.57. The Morgan fingerprint density at radius 1 is 1.37 bits per heavy atom. The maximum Gasteiger partial charge on any atom is 0.206 e. The van der Waals surface area contributed by atoms with Crippen LogP contribution in [0, 0.1) is 23.1 Å². The second kappa shape index (κ2) is 5.20. The van der Waals surface area contributed by atoms with Crippen LogP contribution in [-0.2, 0) is 0 Å². The summed E-state index contributed by atoms with van der Waals surface area (Å²) in [7, 11) is 0. The van der Waals surface area contributed by atoms with Gasteiger partial charge >= 0.3 is 0 Å². The fourth-order valence-electron chi connectivity index (χ4n) is 1.68. The lowest BCUT2D eigenvalue weighted by Crippen LogP contribution is -2.12. The Morgan fingerprint density at radius 2 is 2.00 bits per heavy atom. The summed E-state index contributed by atoms with van der Waals surface area (Å²) in [6.07, 6.45) is 1.71. The maximum absolute atomic E-state index is 13.4. The van der Waals surface area contributed by atoms with Crippen LogP contribution in [0.5, 0.6) is 0 Å². The van der Waals surface area contributed by atoms with E-state index in [0.717, 1.165) is 25.0 Å². The fraction of sp³-hybridized carbons (Fsp3) is 0.231. The topological polar surface area (TPSA) is 66.9 Å². The third-order valence-electron chi connectivity index (χ3n) is 2.90.